The van der Waals surface area contributed by atoms with Crippen LogP contribution in [0, 0.1) is 6.92 Å². The SMILES string of the molecule is Cc1ccccc1CN(C(=O)CN(c1cccc(C(F)(F)F)c1)S(C)(=O)=O)[C@@H](Cc1ccccc1)C(=O)NC1CCCCC1. The van der Waals surface area contributed by atoms with E-state index in [0.29, 0.717) is 10.4 Å². The molecule has 1 atom stereocenters. The highest BCUT2D eigenvalue weighted by Gasteiger charge is 2.35. The predicted octanol–water partition coefficient (Wildman–Crippen LogP) is 5.87. The summed E-state index contributed by atoms with van der Waals surface area (Å²) < 4.78 is 67.0. The predicted molar refractivity (Wildman–Crippen MR) is 164 cm³/mol. The molecule has 44 heavy (non-hydrogen) atoms. The molecule has 0 heterocycles. The Kier molecular flexibility index (Phi) is 10.7. The molecular weight excluding hydrogens is 591 g/mol. The van der Waals surface area contributed by atoms with Gasteiger partial charge in [-0.2, -0.15) is 13.2 Å². The number of halogens is 3. The molecular formula is C33H38F3N3O4S. The van der Waals surface area contributed by atoms with Crippen LogP contribution in [0.15, 0.2) is 78.9 Å². The molecule has 3 aromatic carbocycles. The van der Waals surface area contributed by atoms with Gasteiger partial charge in [0.1, 0.15) is 12.6 Å². The molecule has 7 nitrogen and oxygen atoms in total. The molecule has 0 aromatic heterocycles. The van der Waals surface area contributed by atoms with E-state index in [-0.39, 0.29) is 30.6 Å². The molecule has 0 aliphatic heterocycles. The zero-order valence-corrected chi connectivity index (χ0v) is 25.7. The number of anilines is 1. The van der Waals surface area contributed by atoms with E-state index in [4.69, 9.17) is 0 Å². The maximum atomic E-state index is 14.2. The number of hydrogen-bond donors (Lipinski definition) is 1. The van der Waals surface area contributed by atoms with Crippen molar-refractivity contribution >= 4 is 27.5 Å². The second-order valence-electron chi connectivity index (χ2n) is 11.3. The average molecular weight is 630 g/mol. The van der Waals surface area contributed by atoms with Crippen LogP contribution in [0.1, 0.15) is 54.4 Å². The van der Waals surface area contributed by atoms with E-state index in [9.17, 15) is 31.2 Å². The number of aryl methyl sites for hydroxylation is 1. The van der Waals surface area contributed by atoms with E-state index in [2.05, 4.69) is 5.32 Å². The van der Waals surface area contributed by atoms with Crippen molar-refractivity contribution in [2.45, 2.75) is 70.3 Å². The van der Waals surface area contributed by atoms with Crippen molar-refractivity contribution in [2.24, 2.45) is 0 Å². The Hall–Kier alpha value is -3.86. The van der Waals surface area contributed by atoms with Crippen LogP contribution in [-0.2, 0) is 38.8 Å². The van der Waals surface area contributed by atoms with Crippen LogP contribution in [-0.4, -0.2) is 50.0 Å². The fourth-order valence-corrected chi connectivity index (χ4v) is 6.36. The van der Waals surface area contributed by atoms with Gasteiger partial charge in [0.25, 0.3) is 0 Å². The van der Waals surface area contributed by atoms with Crippen LogP contribution >= 0.6 is 0 Å². The first-order valence-corrected chi connectivity index (χ1v) is 16.5. The molecule has 0 bridgehead atoms. The summed E-state index contributed by atoms with van der Waals surface area (Å²) in [5.74, 6) is -1.07. The second kappa shape index (κ2) is 14.3. The Bertz CT molecular complexity index is 1540. The maximum Gasteiger partial charge on any atom is 0.416 e. The third-order valence-corrected chi connectivity index (χ3v) is 9.11. The number of benzene rings is 3. The number of hydrogen-bond acceptors (Lipinski definition) is 4. The van der Waals surface area contributed by atoms with E-state index in [1.54, 1.807) is 0 Å². The summed E-state index contributed by atoms with van der Waals surface area (Å²) in [6.07, 6.45) is 1.01. The normalized spacial score (nSPS) is 14.9. The van der Waals surface area contributed by atoms with E-state index in [1.165, 1.54) is 11.0 Å². The molecule has 4 rings (SSSR count). The lowest BCUT2D eigenvalue weighted by Gasteiger charge is -2.35. The van der Waals surface area contributed by atoms with Gasteiger partial charge in [0.05, 0.1) is 17.5 Å². The van der Waals surface area contributed by atoms with Crippen LogP contribution in [0.5, 0.6) is 0 Å². The lowest BCUT2D eigenvalue weighted by atomic mass is 9.94. The van der Waals surface area contributed by atoms with Crippen molar-refractivity contribution in [3.8, 4) is 0 Å². The van der Waals surface area contributed by atoms with Crippen LogP contribution in [0.3, 0.4) is 0 Å². The van der Waals surface area contributed by atoms with Crippen molar-refractivity contribution in [1.29, 1.82) is 0 Å². The highest BCUT2D eigenvalue weighted by atomic mass is 32.2. The standard InChI is InChI=1S/C33H38F3N3O4S/c1-24-12-9-10-15-26(24)22-38(30(20-25-13-5-3-6-14-25)32(41)37-28-17-7-4-8-18-28)31(40)23-39(44(2,42)43)29-19-11-16-27(21-29)33(34,35)36/h3,5-6,9-16,19,21,28,30H,4,7-8,17-18,20,22-23H2,1-2H3,(H,37,41)/t30-/m0/s1. The molecule has 1 saturated carbocycles. The first-order chi connectivity index (χ1) is 20.8. The first kappa shape index (κ1) is 33.0. The Balaban J connectivity index is 1.75. The fraction of sp³-hybridized carbons (Fsp3) is 0.394. The van der Waals surface area contributed by atoms with E-state index < -0.39 is 40.3 Å². The van der Waals surface area contributed by atoms with Crippen LogP contribution in [0.25, 0.3) is 0 Å². The number of nitrogens with zero attached hydrogens (tertiary/aromatic N) is 2. The van der Waals surface area contributed by atoms with Crippen LogP contribution in [0.4, 0.5) is 18.9 Å². The molecule has 0 radical (unpaired) electrons. The minimum atomic E-state index is -4.71. The molecule has 3 aromatic rings. The minimum Gasteiger partial charge on any atom is -0.352 e. The average Bonchev–Trinajstić information content (AvgIpc) is 2.98. The van der Waals surface area contributed by atoms with Gasteiger partial charge >= 0.3 is 6.18 Å². The van der Waals surface area contributed by atoms with Gasteiger partial charge in [0.2, 0.25) is 21.8 Å². The fourth-order valence-electron chi connectivity index (χ4n) is 5.52. The summed E-state index contributed by atoms with van der Waals surface area (Å²) in [5.41, 5.74) is 1.10. The molecule has 1 aliphatic carbocycles. The molecule has 1 fully saturated rings. The molecule has 0 spiro atoms. The maximum absolute atomic E-state index is 14.2. The van der Waals surface area contributed by atoms with Crippen LogP contribution < -0.4 is 9.62 Å². The molecule has 11 heteroatoms. The Labute approximate surface area is 257 Å². The van der Waals surface area contributed by atoms with Gasteiger partial charge in [-0.3, -0.25) is 13.9 Å². The third-order valence-electron chi connectivity index (χ3n) is 7.97. The van der Waals surface area contributed by atoms with E-state index in [0.717, 1.165) is 67.2 Å². The van der Waals surface area contributed by atoms with Crippen LogP contribution in [0.2, 0.25) is 0 Å². The summed E-state index contributed by atoms with van der Waals surface area (Å²) in [5, 5.41) is 3.12. The Morgan fingerprint density at radius 1 is 0.932 bits per heavy atom. The molecule has 1 N–H and O–H groups in total. The van der Waals surface area contributed by atoms with Gasteiger partial charge in [0, 0.05) is 19.0 Å². The van der Waals surface area contributed by atoms with Gasteiger partial charge in [-0.1, -0.05) is 79.9 Å². The lowest BCUT2D eigenvalue weighted by molar-refractivity contribution is -0.140. The molecule has 236 valence electrons. The summed E-state index contributed by atoms with van der Waals surface area (Å²) >= 11 is 0. The van der Waals surface area contributed by atoms with Crippen molar-refractivity contribution in [1.82, 2.24) is 10.2 Å². The smallest absolute Gasteiger partial charge is 0.352 e. The quantitative estimate of drug-likeness (QED) is 0.288. The number of sulfonamides is 1. The monoisotopic (exact) mass is 629 g/mol. The van der Waals surface area contributed by atoms with Gasteiger partial charge in [-0.15, -0.1) is 0 Å². The Morgan fingerprint density at radius 3 is 2.23 bits per heavy atom. The third kappa shape index (κ3) is 8.84. The number of amides is 2. The Morgan fingerprint density at radius 2 is 1.59 bits per heavy atom. The summed E-state index contributed by atoms with van der Waals surface area (Å²) in [6.45, 7) is 1.09. The highest BCUT2D eigenvalue weighted by molar-refractivity contribution is 7.92. The topological polar surface area (TPSA) is 86.8 Å². The minimum absolute atomic E-state index is 0.00128. The van der Waals surface area contributed by atoms with Gasteiger partial charge in [0.15, 0.2) is 0 Å². The van der Waals surface area contributed by atoms with Crippen molar-refractivity contribution < 1.29 is 31.2 Å². The zero-order valence-electron chi connectivity index (χ0n) is 24.9. The molecule has 0 saturated heterocycles. The number of carbonyl (C=O) groups excluding carboxylic acids is 2. The number of carbonyl (C=O) groups is 2. The number of rotatable bonds is 11. The lowest BCUT2D eigenvalue weighted by Crippen LogP contribution is -2.55. The summed E-state index contributed by atoms with van der Waals surface area (Å²) in [6, 6.07) is 19.4. The number of nitrogens with one attached hydrogen (secondary N) is 1. The van der Waals surface area contributed by atoms with Gasteiger partial charge < -0.3 is 10.2 Å². The summed E-state index contributed by atoms with van der Waals surface area (Å²) in [4.78, 5) is 29.6. The summed E-state index contributed by atoms with van der Waals surface area (Å²) in [7, 11) is -4.20. The molecule has 2 amide bonds. The second-order valence-corrected chi connectivity index (χ2v) is 13.2. The van der Waals surface area contributed by atoms with Gasteiger partial charge in [-0.25, -0.2) is 8.42 Å². The van der Waals surface area contributed by atoms with Gasteiger partial charge in [-0.05, 0) is 54.7 Å². The number of alkyl halides is 3. The van der Waals surface area contributed by atoms with E-state index in [1.807, 2.05) is 61.5 Å². The molecule has 0 unspecified atom stereocenters. The highest BCUT2D eigenvalue weighted by Crippen LogP contribution is 2.32. The van der Waals surface area contributed by atoms with Crippen molar-refractivity contribution in [2.75, 3.05) is 17.1 Å². The zero-order chi connectivity index (χ0) is 31.9. The van der Waals surface area contributed by atoms with Crippen molar-refractivity contribution in [3.63, 3.8) is 0 Å². The first-order valence-electron chi connectivity index (χ1n) is 14.7. The largest absolute Gasteiger partial charge is 0.416 e. The molecule has 1 aliphatic rings. The van der Waals surface area contributed by atoms with E-state index >= 15 is 0 Å². The van der Waals surface area contributed by atoms with Crippen molar-refractivity contribution in [3.05, 3.63) is 101 Å².